The lowest BCUT2D eigenvalue weighted by Crippen LogP contribution is -2.25. The molecular weight excluding hydrogens is 262 g/mol. The van der Waals surface area contributed by atoms with E-state index in [0.717, 1.165) is 37.5 Å². The Labute approximate surface area is 118 Å². The van der Waals surface area contributed by atoms with E-state index in [-0.39, 0.29) is 6.04 Å². The van der Waals surface area contributed by atoms with Gasteiger partial charge in [-0.25, -0.2) is 4.98 Å². The molecule has 0 amide bonds. The van der Waals surface area contributed by atoms with Crippen LogP contribution < -0.4 is 5.32 Å². The standard InChI is InChI=1S/C14H20ClN3O/c1-3-7-16-11(12-5-6-13(15)19-12)10-14-17-8-9-18(14)4-2/h5-6,8-9,11,16H,3-4,7,10H2,1-2H3. The number of furan rings is 1. The molecule has 4 nitrogen and oxygen atoms in total. The van der Waals surface area contributed by atoms with Gasteiger partial charge >= 0.3 is 0 Å². The Morgan fingerprint density at radius 3 is 2.89 bits per heavy atom. The van der Waals surface area contributed by atoms with E-state index in [1.807, 2.05) is 18.5 Å². The molecule has 19 heavy (non-hydrogen) atoms. The molecule has 2 heterocycles. The second kappa shape index (κ2) is 6.78. The average molecular weight is 282 g/mol. The first kappa shape index (κ1) is 14.2. The Kier molecular flexibility index (Phi) is 5.05. The number of aryl methyl sites for hydroxylation is 1. The molecule has 1 unspecified atom stereocenters. The Morgan fingerprint density at radius 1 is 1.42 bits per heavy atom. The van der Waals surface area contributed by atoms with Crippen LogP contribution in [-0.2, 0) is 13.0 Å². The molecule has 5 heteroatoms. The normalized spacial score (nSPS) is 12.8. The Balaban J connectivity index is 2.14. The van der Waals surface area contributed by atoms with E-state index in [2.05, 4.69) is 28.7 Å². The molecule has 0 bridgehead atoms. The second-order valence-electron chi connectivity index (χ2n) is 4.48. The molecule has 1 atom stereocenters. The van der Waals surface area contributed by atoms with Gasteiger partial charge in [-0.2, -0.15) is 0 Å². The number of hydrogen-bond acceptors (Lipinski definition) is 3. The van der Waals surface area contributed by atoms with Crippen LogP contribution in [0.5, 0.6) is 0 Å². The molecule has 0 radical (unpaired) electrons. The van der Waals surface area contributed by atoms with Crippen molar-refractivity contribution < 1.29 is 4.42 Å². The van der Waals surface area contributed by atoms with Crippen LogP contribution >= 0.6 is 11.6 Å². The van der Waals surface area contributed by atoms with Gasteiger partial charge in [0.05, 0.1) is 6.04 Å². The number of rotatable bonds is 7. The minimum atomic E-state index is 0.111. The number of imidazole rings is 1. The lowest BCUT2D eigenvalue weighted by atomic mass is 10.1. The molecule has 2 aromatic rings. The summed E-state index contributed by atoms with van der Waals surface area (Å²) in [7, 11) is 0. The van der Waals surface area contributed by atoms with Crippen LogP contribution in [0.4, 0.5) is 0 Å². The highest BCUT2D eigenvalue weighted by atomic mass is 35.5. The first-order valence-corrected chi connectivity index (χ1v) is 7.11. The number of nitrogens with zero attached hydrogens (tertiary/aromatic N) is 2. The van der Waals surface area contributed by atoms with Crippen LogP contribution in [-0.4, -0.2) is 16.1 Å². The maximum atomic E-state index is 5.86. The molecule has 2 aromatic heterocycles. The summed E-state index contributed by atoms with van der Waals surface area (Å²) in [6.07, 6.45) is 5.71. The largest absolute Gasteiger partial charge is 0.448 e. The SMILES string of the molecule is CCCNC(Cc1nccn1CC)c1ccc(Cl)o1. The van der Waals surface area contributed by atoms with Crippen LogP contribution in [0.1, 0.15) is 37.9 Å². The van der Waals surface area contributed by atoms with Crippen molar-refractivity contribution in [3.8, 4) is 0 Å². The van der Waals surface area contributed by atoms with Crippen molar-refractivity contribution in [2.75, 3.05) is 6.54 Å². The highest BCUT2D eigenvalue weighted by Gasteiger charge is 2.17. The van der Waals surface area contributed by atoms with Crippen molar-refractivity contribution in [3.05, 3.63) is 41.3 Å². The summed E-state index contributed by atoms with van der Waals surface area (Å²) in [6, 6.07) is 3.82. The Morgan fingerprint density at radius 2 is 2.26 bits per heavy atom. The summed E-state index contributed by atoms with van der Waals surface area (Å²) >= 11 is 5.86. The minimum absolute atomic E-state index is 0.111. The predicted molar refractivity (Wildman–Crippen MR) is 76.4 cm³/mol. The van der Waals surface area contributed by atoms with Gasteiger partial charge in [-0.05, 0) is 43.6 Å². The van der Waals surface area contributed by atoms with Crippen molar-refractivity contribution >= 4 is 11.6 Å². The molecule has 0 aliphatic rings. The van der Waals surface area contributed by atoms with Gasteiger partial charge in [0.2, 0.25) is 0 Å². The summed E-state index contributed by atoms with van der Waals surface area (Å²) in [4.78, 5) is 4.42. The third-order valence-corrected chi connectivity index (χ3v) is 3.31. The quantitative estimate of drug-likeness (QED) is 0.845. The summed E-state index contributed by atoms with van der Waals surface area (Å²) in [6.45, 7) is 6.13. The third kappa shape index (κ3) is 3.61. The maximum Gasteiger partial charge on any atom is 0.193 e. The van der Waals surface area contributed by atoms with Gasteiger partial charge < -0.3 is 14.3 Å². The maximum absolute atomic E-state index is 5.86. The molecule has 0 aromatic carbocycles. The number of halogens is 1. The average Bonchev–Trinajstić information content (AvgIpc) is 3.02. The first-order valence-electron chi connectivity index (χ1n) is 6.73. The topological polar surface area (TPSA) is 43.0 Å². The third-order valence-electron chi connectivity index (χ3n) is 3.11. The van der Waals surface area contributed by atoms with Crippen molar-refractivity contribution in [2.24, 2.45) is 0 Å². The summed E-state index contributed by atoms with van der Waals surface area (Å²) in [5.41, 5.74) is 0. The van der Waals surface area contributed by atoms with Crippen molar-refractivity contribution in [1.82, 2.24) is 14.9 Å². The summed E-state index contributed by atoms with van der Waals surface area (Å²) in [5, 5.41) is 3.91. The molecule has 0 aliphatic heterocycles. The molecule has 0 saturated carbocycles. The van der Waals surface area contributed by atoms with Crippen LogP contribution in [0.2, 0.25) is 5.22 Å². The predicted octanol–water partition coefficient (Wildman–Crippen LogP) is 3.43. The van der Waals surface area contributed by atoms with Gasteiger partial charge in [-0.15, -0.1) is 0 Å². The fraction of sp³-hybridized carbons (Fsp3) is 0.500. The van der Waals surface area contributed by atoms with E-state index in [4.69, 9.17) is 16.0 Å². The van der Waals surface area contributed by atoms with Gasteiger partial charge in [-0.3, -0.25) is 0 Å². The van der Waals surface area contributed by atoms with E-state index in [1.165, 1.54) is 0 Å². The molecule has 1 N–H and O–H groups in total. The van der Waals surface area contributed by atoms with Gasteiger partial charge in [0.15, 0.2) is 5.22 Å². The molecule has 0 spiro atoms. The fourth-order valence-corrected chi connectivity index (χ4v) is 2.26. The lowest BCUT2D eigenvalue weighted by molar-refractivity contribution is 0.403. The minimum Gasteiger partial charge on any atom is -0.448 e. The van der Waals surface area contributed by atoms with E-state index in [1.54, 1.807) is 6.07 Å². The number of hydrogen-bond donors (Lipinski definition) is 1. The smallest absolute Gasteiger partial charge is 0.193 e. The zero-order valence-corrected chi connectivity index (χ0v) is 12.2. The molecular formula is C14H20ClN3O. The van der Waals surface area contributed by atoms with E-state index >= 15 is 0 Å². The fourth-order valence-electron chi connectivity index (χ4n) is 2.11. The molecule has 0 aliphatic carbocycles. The Bertz CT molecular complexity index is 506. The summed E-state index contributed by atoms with van der Waals surface area (Å²) in [5.74, 6) is 1.92. The zero-order chi connectivity index (χ0) is 13.7. The van der Waals surface area contributed by atoms with E-state index in [9.17, 15) is 0 Å². The Hall–Kier alpha value is -1.26. The molecule has 2 rings (SSSR count). The van der Waals surface area contributed by atoms with Crippen molar-refractivity contribution in [3.63, 3.8) is 0 Å². The van der Waals surface area contributed by atoms with Gasteiger partial charge in [-0.1, -0.05) is 6.92 Å². The monoisotopic (exact) mass is 281 g/mol. The molecule has 0 fully saturated rings. The lowest BCUT2D eigenvalue weighted by Gasteiger charge is -2.16. The molecule has 104 valence electrons. The summed E-state index contributed by atoms with van der Waals surface area (Å²) < 4.78 is 7.67. The van der Waals surface area contributed by atoms with Crippen LogP contribution in [0.3, 0.4) is 0 Å². The van der Waals surface area contributed by atoms with Crippen molar-refractivity contribution in [1.29, 1.82) is 0 Å². The first-order chi connectivity index (χ1) is 9.24. The second-order valence-corrected chi connectivity index (χ2v) is 4.85. The highest BCUT2D eigenvalue weighted by molar-refractivity contribution is 6.28. The van der Waals surface area contributed by atoms with Crippen LogP contribution in [0.25, 0.3) is 0 Å². The number of nitrogens with one attached hydrogen (secondary N) is 1. The van der Waals surface area contributed by atoms with Crippen LogP contribution in [0, 0.1) is 0 Å². The van der Waals surface area contributed by atoms with E-state index in [0.29, 0.717) is 5.22 Å². The van der Waals surface area contributed by atoms with Crippen molar-refractivity contribution in [2.45, 2.75) is 39.3 Å². The molecule has 0 saturated heterocycles. The van der Waals surface area contributed by atoms with Gasteiger partial charge in [0.25, 0.3) is 0 Å². The zero-order valence-electron chi connectivity index (χ0n) is 11.4. The highest BCUT2D eigenvalue weighted by Crippen LogP contribution is 2.23. The van der Waals surface area contributed by atoms with E-state index < -0.39 is 0 Å². The number of aromatic nitrogens is 2. The van der Waals surface area contributed by atoms with Gasteiger partial charge in [0, 0.05) is 25.4 Å². The van der Waals surface area contributed by atoms with Gasteiger partial charge in [0.1, 0.15) is 11.6 Å². The van der Waals surface area contributed by atoms with Crippen LogP contribution in [0.15, 0.2) is 28.9 Å².